The summed E-state index contributed by atoms with van der Waals surface area (Å²) in [6.45, 7) is -0.787. The van der Waals surface area contributed by atoms with Crippen molar-refractivity contribution >= 4 is 10.1 Å². The highest BCUT2D eigenvalue weighted by atomic mass is 32.2. The first-order chi connectivity index (χ1) is 9.79. The lowest BCUT2D eigenvalue weighted by Gasteiger charge is -2.08. The average Bonchev–Trinajstić information content (AvgIpc) is 2.45. The highest BCUT2D eigenvalue weighted by Crippen LogP contribution is 2.25. The highest BCUT2D eigenvalue weighted by molar-refractivity contribution is 7.87. The van der Waals surface area contributed by atoms with Crippen LogP contribution >= 0.6 is 0 Å². The van der Waals surface area contributed by atoms with Crippen LogP contribution in [0.2, 0.25) is 0 Å². The second-order valence-corrected chi connectivity index (χ2v) is 5.52. The van der Waals surface area contributed by atoms with Crippen LogP contribution in [-0.2, 0) is 20.9 Å². The smallest absolute Gasteiger partial charge is 0.258 e. The summed E-state index contributed by atoms with van der Waals surface area (Å²) in [6, 6.07) is 8.18. The first-order valence-corrected chi connectivity index (χ1v) is 7.02. The molecule has 2 rings (SSSR count). The Kier molecular flexibility index (Phi) is 4.24. The predicted molar refractivity (Wildman–Crippen MR) is 67.2 cm³/mol. The molecule has 5 nitrogen and oxygen atoms in total. The van der Waals surface area contributed by atoms with Crippen molar-refractivity contribution in [2.24, 2.45) is 0 Å². The van der Waals surface area contributed by atoms with Crippen LogP contribution in [0.1, 0.15) is 5.69 Å². The van der Waals surface area contributed by atoms with Gasteiger partial charge >= 0.3 is 15.6 Å². The van der Waals surface area contributed by atoms with Gasteiger partial charge in [0.1, 0.15) is 6.61 Å². The number of halogens is 3. The topological polar surface area (TPSA) is 69.2 Å². The van der Waals surface area contributed by atoms with Gasteiger partial charge in [-0.15, -0.1) is 0 Å². The van der Waals surface area contributed by atoms with E-state index >= 15 is 0 Å². The summed E-state index contributed by atoms with van der Waals surface area (Å²) in [6.07, 6.45) is 2.96. The molecule has 2 aromatic rings. The Morgan fingerprint density at radius 3 is 2.38 bits per heavy atom. The summed E-state index contributed by atoms with van der Waals surface area (Å²) in [7, 11) is -5.61. The molecule has 112 valence electrons. The summed E-state index contributed by atoms with van der Waals surface area (Å²) in [5, 5.41) is 0. The third-order valence-corrected chi connectivity index (χ3v) is 3.43. The molecule has 0 atom stereocenters. The molecular weight excluding hydrogens is 309 g/mol. The molecule has 0 aliphatic heterocycles. The van der Waals surface area contributed by atoms with E-state index in [-0.39, 0.29) is 5.69 Å². The van der Waals surface area contributed by atoms with E-state index in [9.17, 15) is 21.6 Å². The fourth-order valence-electron chi connectivity index (χ4n) is 1.40. The molecule has 0 bridgehead atoms. The largest absolute Gasteiger partial charge is 0.523 e. The minimum atomic E-state index is -5.61. The van der Waals surface area contributed by atoms with Gasteiger partial charge in [-0.25, -0.2) is 0 Å². The van der Waals surface area contributed by atoms with Crippen LogP contribution in [0.3, 0.4) is 0 Å². The van der Waals surface area contributed by atoms with E-state index < -0.39 is 22.2 Å². The summed E-state index contributed by atoms with van der Waals surface area (Å²) < 4.78 is 61.6. The molecule has 0 saturated heterocycles. The predicted octanol–water partition coefficient (Wildman–Crippen LogP) is 2.51. The second kappa shape index (κ2) is 5.78. The van der Waals surface area contributed by atoms with Crippen LogP contribution < -0.4 is 0 Å². The summed E-state index contributed by atoms with van der Waals surface area (Å²) in [4.78, 5) is 7.92. The summed E-state index contributed by atoms with van der Waals surface area (Å²) in [5.74, 6) is 0. The standard InChI is InChI=1S/C12H9F3N2O3S/c13-12(14,15)21(18,19)20-8-10-5-4-9(7-17-10)11-3-1-2-6-16-11/h1-7H,8H2. The Balaban J connectivity index is 2.08. The van der Waals surface area contributed by atoms with Gasteiger partial charge in [0.15, 0.2) is 0 Å². The number of hydrogen-bond donors (Lipinski definition) is 0. The zero-order valence-corrected chi connectivity index (χ0v) is 11.2. The lowest BCUT2D eigenvalue weighted by atomic mass is 10.2. The number of rotatable bonds is 4. The average molecular weight is 318 g/mol. The van der Waals surface area contributed by atoms with Gasteiger partial charge in [0.25, 0.3) is 0 Å². The maximum absolute atomic E-state index is 12.1. The Labute approximate surface area is 118 Å². The Hall–Kier alpha value is -2.00. The monoisotopic (exact) mass is 318 g/mol. The quantitative estimate of drug-likeness (QED) is 0.640. The van der Waals surface area contributed by atoms with Crippen LogP contribution in [0.15, 0.2) is 42.7 Å². The van der Waals surface area contributed by atoms with Crippen molar-refractivity contribution < 1.29 is 25.8 Å². The molecule has 0 aliphatic carbocycles. The third kappa shape index (κ3) is 3.76. The maximum Gasteiger partial charge on any atom is 0.523 e. The Morgan fingerprint density at radius 2 is 1.86 bits per heavy atom. The van der Waals surface area contributed by atoms with E-state index in [1.807, 2.05) is 0 Å². The van der Waals surface area contributed by atoms with Gasteiger partial charge in [-0.1, -0.05) is 6.07 Å². The number of nitrogens with zero attached hydrogens (tertiary/aromatic N) is 2. The van der Waals surface area contributed by atoms with Gasteiger partial charge < -0.3 is 0 Å². The van der Waals surface area contributed by atoms with Crippen LogP contribution in [0.25, 0.3) is 11.3 Å². The molecule has 0 N–H and O–H groups in total. The molecular formula is C12H9F3N2O3S. The van der Waals surface area contributed by atoms with E-state index in [0.717, 1.165) is 0 Å². The van der Waals surface area contributed by atoms with Crippen molar-refractivity contribution in [3.8, 4) is 11.3 Å². The first-order valence-electron chi connectivity index (χ1n) is 5.61. The molecule has 0 spiro atoms. The van der Waals surface area contributed by atoms with Gasteiger partial charge in [-0.05, 0) is 24.3 Å². The van der Waals surface area contributed by atoms with E-state index in [1.165, 1.54) is 12.3 Å². The molecule has 2 aromatic heterocycles. The normalized spacial score (nSPS) is 12.3. The van der Waals surface area contributed by atoms with Gasteiger partial charge in [0, 0.05) is 18.0 Å². The van der Waals surface area contributed by atoms with Crippen molar-refractivity contribution in [2.45, 2.75) is 12.1 Å². The van der Waals surface area contributed by atoms with Gasteiger partial charge in [0.2, 0.25) is 0 Å². The molecule has 0 radical (unpaired) electrons. The number of aromatic nitrogens is 2. The van der Waals surface area contributed by atoms with E-state index in [2.05, 4.69) is 14.2 Å². The Morgan fingerprint density at radius 1 is 1.10 bits per heavy atom. The third-order valence-electron chi connectivity index (χ3n) is 2.43. The summed E-state index contributed by atoms with van der Waals surface area (Å²) >= 11 is 0. The Bertz CT molecular complexity index is 701. The molecule has 2 heterocycles. The zero-order valence-electron chi connectivity index (χ0n) is 10.4. The molecule has 0 amide bonds. The summed E-state index contributed by atoms with van der Waals surface area (Å²) in [5.41, 5.74) is -4.10. The van der Waals surface area contributed by atoms with Crippen molar-refractivity contribution in [2.75, 3.05) is 0 Å². The minimum absolute atomic E-state index is 0.0579. The number of pyridine rings is 2. The lowest BCUT2D eigenvalue weighted by molar-refractivity contribution is -0.0548. The molecule has 0 aromatic carbocycles. The van der Waals surface area contributed by atoms with E-state index in [1.54, 1.807) is 30.5 Å². The van der Waals surface area contributed by atoms with Crippen LogP contribution in [0.5, 0.6) is 0 Å². The van der Waals surface area contributed by atoms with Crippen molar-refractivity contribution in [1.82, 2.24) is 9.97 Å². The minimum Gasteiger partial charge on any atom is -0.258 e. The zero-order chi connectivity index (χ0) is 15.5. The van der Waals surface area contributed by atoms with Gasteiger partial charge in [-0.3, -0.25) is 14.2 Å². The lowest BCUT2D eigenvalue weighted by Crippen LogP contribution is -2.25. The molecule has 0 fully saturated rings. The second-order valence-electron chi connectivity index (χ2n) is 3.92. The SMILES string of the molecule is O=S(=O)(OCc1ccc(-c2ccccn2)cn1)C(F)(F)F. The molecule has 21 heavy (non-hydrogen) atoms. The van der Waals surface area contributed by atoms with Crippen molar-refractivity contribution in [3.63, 3.8) is 0 Å². The van der Waals surface area contributed by atoms with Crippen molar-refractivity contribution in [3.05, 3.63) is 48.4 Å². The van der Waals surface area contributed by atoms with E-state index in [4.69, 9.17) is 0 Å². The maximum atomic E-state index is 12.1. The van der Waals surface area contributed by atoms with Crippen molar-refractivity contribution in [1.29, 1.82) is 0 Å². The fourth-order valence-corrected chi connectivity index (χ4v) is 1.81. The van der Waals surface area contributed by atoms with E-state index in [0.29, 0.717) is 11.3 Å². The molecule has 0 unspecified atom stereocenters. The molecule has 0 aliphatic rings. The highest BCUT2D eigenvalue weighted by Gasteiger charge is 2.47. The van der Waals surface area contributed by atoms with Crippen LogP contribution in [-0.4, -0.2) is 23.9 Å². The van der Waals surface area contributed by atoms with Gasteiger partial charge in [-0.2, -0.15) is 21.6 Å². The van der Waals surface area contributed by atoms with Crippen LogP contribution in [0.4, 0.5) is 13.2 Å². The van der Waals surface area contributed by atoms with Crippen LogP contribution in [0, 0.1) is 0 Å². The van der Waals surface area contributed by atoms with Gasteiger partial charge in [0.05, 0.1) is 11.4 Å². The fraction of sp³-hybridized carbons (Fsp3) is 0.167. The number of alkyl halides is 3. The molecule has 0 saturated carbocycles. The number of hydrogen-bond acceptors (Lipinski definition) is 5. The first kappa shape index (κ1) is 15.4. The molecule has 9 heteroatoms.